The third-order valence-electron chi connectivity index (χ3n) is 10.7. The molecule has 0 aliphatic heterocycles. The van der Waals surface area contributed by atoms with Crippen LogP contribution in [0.5, 0.6) is 28.7 Å². The number of rotatable bonds is 4. The summed E-state index contributed by atoms with van der Waals surface area (Å²) in [6.45, 7) is 4.28. The van der Waals surface area contributed by atoms with Gasteiger partial charge in [-0.15, -0.1) is 0 Å². The maximum absolute atomic E-state index is 11.7. The largest absolute Gasteiger partial charge is 0.509 e. The summed E-state index contributed by atoms with van der Waals surface area (Å²) in [5, 5.41) is 103. The Morgan fingerprint density at radius 3 is 1.60 bits per heavy atom. The fourth-order valence-corrected chi connectivity index (χ4v) is 8.19. The van der Waals surface area contributed by atoms with Crippen LogP contribution >= 0.6 is 0 Å². The smallest absolute Gasteiger partial charge is 0.208 e. The Labute approximate surface area is 303 Å². The molecule has 266 valence electrons. The van der Waals surface area contributed by atoms with Crippen LogP contribution in [0.2, 0.25) is 0 Å². The Balaban J connectivity index is 1.39. The first-order valence-corrected chi connectivity index (χ1v) is 17.2. The third kappa shape index (κ3) is 4.88. The highest BCUT2D eigenvalue weighted by Gasteiger charge is 2.44. The SMILES string of the molecule is CC1=C(c2cc3ccccc3cc2C)C(c2c3ccccc3c(C3=C(O)C(O)C(c4c(O)c(O)c(O)c(O)c4O)C(O)=C3O)c3ccccc23)=CCC1. The lowest BCUT2D eigenvalue weighted by atomic mass is 9.76. The van der Waals surface area contributed by atoms with Crippen LogP contribution in [-0.4, -0.2) is 52.1 Å². The van der Waals surface area contributed by atoms with Gasteiger partial charge in [0.25, 0.3) is 0 Å². The van der Waals surface area contributed by atoms with Gasteiger partial charge in [0.05, 0.1) is 17.1 Å². The predicted octanol–water partition coefficient (Wildman–Crippen LogP) is 9.39. The van der Waals surface area contributed by atoms with Crippen LogP contribution in [0.1, 0.15) is 53.5 Å². The Morgan fingerprint density at radius 1 is 0.547 bits per heavy atom. The summed E-state index contributed by atoms with van der Waals surface area (Å²) >= 11 is 0. The van der Waals surface area contributed by atoms with E-state index >= 15 is 0 Å². The number of benzene rings is 6. The zero-order valence-corrected chi connectivity index (χ0v) is 28.8. The quantitative estimate of drug-likeness (QED) is 0.0489. The molecule has 6 aromatic carbocycles. The van der Waals surface area contributed by atoms with Crippen molar-refractivity contribution in [1.82, 2.24) is 0 Å². The van der Waals surface area contributed by atoms with Crippen molar-refractivity contribution >= 4 is 49.0 Å². The molecule has 0 saturated heterocycles. The second-order valence-electron chi connectivity index (χ2n) is 13.7. The average Bonchev–Trinajstić information content (AvgIpc) is 3.16. The number of hydrogen-bond acceptors (Lipinski definition) is 9. The van der Waals surface area contributed by atoms with Crippen LogP contribution in [-0.2, 0) is 0 Å². The number of aryl methyl sites for hydroxylation is 1. The van der Waals surface area contributed by atoms with Gasteiger partial charge in [0.1, 0.15) is 17.6 Å². The molecule has 0 heterocycles. The Bertz CT molecular complexity index is 2610. The van der Waals surface area contributed by atoms with Gasteiger partial charge in [-0.25, -0.2) is 0 Å². The van der Waals surface area contributed by atoms with Crippen molar-refractivity contribution in [2.75, 3.05) is 0 Å². The summed E-state index contributed by atoms with van der Waals surface area (Å²) in [5.41, 5.74) is 5.79. The topological polar surface area (TPSA) is 182 Å². The molecule has 0 radical (unpaired) electrons. The molecular formula is C44H36O9. The number of aromatic hydroxyl groups is 5. The van der Waals surface area contributed by atoms with Crippen LogP contribution in [0.3, 0.4) is 0 Å². The lowest BCUT2D eigenvalue weighted by Gasteiger charge is -2.31. The normalized spacial score (nSPS) is 18.1. The monoisotopic (exact) mass is 708 g/mol. The van der Waals surface area contributed by atoms with E-state index in [0.717, 1.165) is 62.2 Å². The van der Waals surface area contributed by atoms with E-state index in [2.05, 4.69) is 44.2 Å². The van der Waals surface area contributed by atoms with Gasteiger partial charge in [-0.1, -0.05) is 90.5 Å². The molecule has 0 bridgehead atoms. The molecule has 2 aliphatic carbocycles. The predicted molar refractivity (Wildman–Crippen MR) is 205 cm³/mol. The minimum Gasteiger partial charge on any atom is -0.509 e. The third-order valence-corrected chi connectivity index (χ3v) is 10.7. The summed E-state index contributed by atoms with van der Waals surface area (Å²) in [6, 6.07) is 27.7. The molecule has 2 atom stereocenters. The fraction of sp³-hybridized carbons (Fsp3) is 0.136. The van der Waals surface area contributed by atoms with E-state index in [4.69, 9.17) is 0 Å². The molecule has 0 aromatic heterocycles. The van der Waals surface area contributed by atoms with Gasteiger partial charge in [0.2, 0.25) is 17.2 Å². The molecular weight excluding hydrogens is 672 g/mol. The first kappa shape index (κ1) is 33.6. The molecule has 2 aliphatic rings. The van der Waals surface area contributed by atoms with Crippen molar-refractivity contribution in [3.8, 4) is 28.7 Å². The zero-order valence-electron chi connectivity index (χ0n) is 28.8. The van der Waals surface area contributed by atoms with Crippen molar-refractivity contribution in [2.24, 2.45) is 0 Å². The van der Waals surface area contributed by atoms with Gasteiger partial charge >= 0.3 is 0 Å². The summed E-state index contributed by atoms with van der Waals surface area (Å²) in [4.78, 5) is 0. The van der Waals surface area contributed by atoms with E-state index in [9.17, 15) is 46.0 Å². The standard InChI is InChI=1S/C44H36O9/c1-20-10-9-17-28(30(20)29-19-23-12-4-3-11-22(23)18-21(29)2)31-24-13-5-7-15-26(24)32(27-16-8-6-14-25(27)31)33-36(45)38(47)34(39(48)37(33)46)35-40(49)42(51)44(53)43(52)41(35)50/h3-8,11-19,34,38,45-53H,9-10H2,1-2H3. The maximum atomic E-state index is 11.7. The minimum atomic E-state index is -2.10. The van der Waals surface area contributed by atoms with Crippen molar-refractivity contribution in [1.29, 1.82) is 0 Å². The Hall–Kier alpha value is -6.58. The summed E-state index contributed by atoms with van der Waals surface area (Å²) in [6.07, 6.45) is 1.85. The lowest BCUT2D eigenvalue weighted by molar-refractivity contribution is 0.109. The number of phenols is 5. The number of fused-ring (bicyclic) bond motifs is 3. The molecule has 6 aromatic rings. The van der Waals surface area contributed by atoms with E-state index < -0.39 is 63.6 Å². The Morgan fingerprint density at radius 2 is 1.04 bits per heavy atom. The van der Waals surface area contributed by atoms with Gasteiger partial charge in [-0.2, -0.15) is 0 Å². The van der Waals surface area contributed by atoms with Crippen LogP contribution in [0.15, 0.2) is 114 Å². The second kappa shape index (κ2) is 12.3. The van der Waals surface area contributed by atoms with E-state index in [-0.39, 0.29) is 5.57 Å². The van der Waals surface area contributed by atoms with E-state index in [1.165, 1.54) is 5.57 Å². The highest BCUT2D eigenvalue weighted by atomic mass is 16.4. The van der Waals surface area contributed by atoms with Crippen molar-refractivity contribution in [3.63, 3.8) is 0 Å². The molecule has 9 N–H and O–H groups in total. The molecule has 0 spiro atoms. The fourth-order valence-electron chi connectivity index (χ4n) is 8.19. The molecule has 0 saturated carbocycles. The first-order valence-electron chi connectivity index (χ1n) is 17.2. The Kier molecular flexibility index (Phi) is 7.78. The highest BCUT2D eigenvalue weighted by Crippen LogP contribution is 2.57. The van der Waals surface area contributed by atoms with Crippen LogP contribution in [0.4, 0.5) is 0 Å². The second-order valence-corrected chi connectivity index (χ2v) is 13.7. The minimum absolute atomic E-state index is 0.286. The number of phenolic OH excluding ortho intramolecular Hbond substituents is 5. The molecule has 53 heavy (non-hydrogen) atoms. The summed E-state index contributed by atoms with van der Waals surface area (Å²) in [7, 11) is 0. The molecule has 0 fully saturated rings. The number of hydrogen-bond donors (Lipinski definition) is 9. The van der Waals surface area contributed by atoms with Crippen LogP contribution in [0, 0.1) is 6.92 Å². The number of aliphatic hydroxyl groups is 4. The van der Waals surface area contributed by atoms with Gasteiger partial charge in [-0.3, -0.25) is 0 Å². The van der Waals surface area contributed by atoms with Gasteiger partial charge in [-0.05, 0) is 92.9 Å². The summed E-state index contributed by atoms with van der Waals surface area (Å²) < 4.78 is 0. The van der Waals surface area contributed by atoms with Crippen molar-refractivity contribution < 1.29 is 46.0 Å². The van der Waals surface area contributed by atoms with E-state index in [1.54, 1.807) is 0 Å². The molecule has 9 nitrogen and oxygen atoms in total. The van der Waals surface area contributed by atoms with Crippen LogP contribution in [0.25, 0.3) is 49.0 Å². The summed E-state index contributed by atoms with van der Waals surface area (Å²) in [5.74, 6) is -10.7. The zero-order chi connectivity index (χ0) is 37.5. The average molecular weight is 709 g/mol. The number of allylic oxidation sites excluding steroid dienone is 5. The lowest BCUT2D eigenvalue weighted by Crippen LogP contribution is -2.29. The van der Waals surface area contributed by atoms with Gasteiger partial charge in [0, 0.05) is 5.56 Å². The van der Waals surface area contributed by atoms with Gasteiger partial charge < -0.3 is 46.0 Å². The van der Waals surface area contributed by atoms with E-state index in [1.807, 2.05) is 60.7 Å². The van der Waals surface area contributed by atoms with Gasteiger partial charge in [0.15, 0.2) is 17.3 Å². The molecule has 2 unspecified atom stereocenters. The molecule has 0 amide bonds. The van der Waals surface area contributed by atoms with E-state index in [0.29, 0.717) is 16.3 Å². The number of aliphatic hydroxyl groups excluding tert-OH is 4. The first-order chi connectivity index (χ1) is 25.4. The molecule has 9 heteroatoms. The van der Waals surface area contributed by atoms with Crippen LogP contribution < -0.4 is 0 Å². The molecule has 8 rings (SSSR count). The van der Waals surface area contributed by atoms with Crippen molar-refractivity contribution in [2.45, 2.75) is 38.7 Å². The highest BCUT2D eigenvalue weighted by molar-refractivity contribution is 6.23. The maximum Gasteiger partial charge on any atom is 0.208 e. The van der Waals surface area contributed by atoms with Crippen molar-refractivity contribution in [3.05, 3.63) is 142 Å².